The molecule has 3 heteroatoms. The van der Waals surface area contributed by atoms with Gasteiger partial charge in [0.2, 0.25) is 0 Å². The normalized spacial score (nSPS) is 21.6. The van der Waals surface area contributed by atoms with Crippen molar-refractivity contribution in [2.24, 2.45) is 0 Å². The number of para-hydroxylation sites is 1. The van der Waals surface area contributed by atoms with Crippen molar-refractivity contribution in [2.75, 3.05) is 45.1 Å². The number of nitrogens with zero attached hydrogens (tertiary/aromatic N) is 2. The topological polar surface area (TPSA) is 18.5 Å². The van der Waals surface area contributed by atoms with E-state index >= 15 is 0 Å². The summed E-state index contributed by atoms with van der Waals surface area (Å²) in [6, 6.07) is 11.2. The standard InChI is InChI=1S/C17H29N3/c1-3-17-15-19(2)12-8-14-20(17)13-7-11-18-16-9-5-4-6-10-16/h4-6,9-10,17-18H,3,7-8,11-15H2,1-2H3. The van der Waals surface area contributed by atoms with Crippen LogP contribution < -0.4 is 5.32 Å². The van der Waals surface area contributed by atoms with Crippen molar-refractivity contribution in [3.8, 4) is 0 Å². The molecule has 1 aliphatic heterocycles. The van der Waals surface area contributed by atoms with Crippen LogP contribution in [0, 0.1) is 0 Å². The van der Waals surface area contributed by atoms with Gasteiger partial charge in [-0.05, 0) is 51.5 Å². The van der Waals surface area contributed by atoms with Crippen molar-refractivity contribution in [2.45, 2.75) is 32.2 Å². The van der Waals surface area contributed by atoms with Gasteiger partial charge in [-0.1, -0.05) is 25.1 Å². The minimum atomic E-state index is 0.735. The Balaban J connectivity index is 1.72. The maximum Gasteiger partial charge on any atom is 0.0340 e. The molecular weight excluding hydrogens is 246 g/mol. The molecule has 1 saturated heterocycles. The van der Waals surface area contributed by atoms with Crippen molar-refractivity contribution in [1.29, 1.82) is 0 Å². The van der Waals surface area contributed by atoms with Crippen LogP contribution in [-0.2, 0) is 0 Å². The predicted molar refractivity (Wildman–Crippen MR) is 87.3 cm³/mol. The number of likely N-dealkylation sites (N-methyl/N-ethyl adjacent to an activating group) is 1. The van der Waals surface area contributed by atoms with E-state index in [0.29, 0.717) is 0 Å². The van der Waals surface area contributed by atoms with E-state index in [1.807, 2.05) is 0 Å². The quantitative estimate of drug-likeness (QED) is 0.805. The van der Waals surface area contributed by atoms with Gasteiger partial charge in [-0.2, -0.15) is 0 Å². The third-order valence-corrected chi connectivity index (χ3v) is 4.22. The molecule has 0 saturated carbocycles. The van der Waals surface area contributed by atoms with E-state index in [9.17, 15) is 0 Å². The highest BCUT2D eigenvalue weighted by atomic mass is 15.2. The van der Waals surface area contributed by atoms with Gasteiger partial charge in [0.05, 0.1) is 0 Å². The molecule has 2 rings (SSSR count). The average molecular weight is 275 g/mol. The van der Waals surface area contributed by atoms with E-state index < -0.39 is 0 Å². The fourth-order valence-electron chi connectivity index (χ4n) is 3.05. The Labute approximate surface area is 124 Å². The molecule has 1 aromatic carbocycles. The summed E-state index contributed by atoms with van der Waals surface area (Å²) >= 11 is 0. The molecule has 0 aromatic heterocycles. The van der Waals surface area contributed by atoms with Gasteiger partial charge >= 0.3 is 0 Å². The third kappa shape index (κ3) is 4.80. The molecule has 0 spiro atoms. The molecule has 1 aliphatic rings. The van der Waals surface area contributed by atoms with Gasteiger partial charge in [0.25, 0.3) is 0 Å². The van der Waals surface area contributed by atoms with Gasteiger partial charge < -0.3 is 10.2 Å². The van der Waals surface area contributed by atoms with Gasteiger partial charge in [-0.25, -0.2) is 0 Å². The highest BCUT2D eigenvalue weighted by molar-refractivity contribution is 5.42. The number of hydrogen-bond donors (Lipinski definition) is 1. The first-order valence-electron chi connectivity index (χ1n) is 8.01. The van der Waals surface area contributed by atoms with Crippen molar-refractivity contribution in [3.63, 3.8) is 0 Å². The second-order valence-electron chi connectivity index (χ2n) is 5.86. The van der Waals surface area contributed by atoms with Crippen LogP contribution in [0.2, 0.25) is 0 Å². The van der Waals surface area contributed by atoms with Gasteiger partial charge in [0, 0.05) is 31.4 Å². The van der Waals surface area contributed by atoms with Gasteiger partial charge in [0.15, 0.2) is 0 Å². The summed E-state index contributed by atoms with van der Waals surface area (Å²) in [5.41, 5.74) is 1.23. The zero-order valence-corrected chi connectivity index (χ0v) is 13.0. The van der Waals surface area contributed by atoms with Gasteiger partial charge in [-0.3, -0.25) is 4.90 Å². The molecule has 1 fully saturated rings. The lowest BCUT2D eigenvalue weighted by molar-refractivity contribution is 0.183. The van der Waals surface area contributed by atoms with Crippen LogP contribution in [0.4, 0.5) is 5.69 Å². The monoisotopic (exact) mass is 275 g/mol. The number of rotatable bonds is 6. The van der Waals surface area contributed by atoms with Crippen LogP contribution in [0.3, 0.4) is 0 Å². The predicted octanol–water partition coefficient (Wildman–Crippen LogP) is 2.90. The molecule has 1 unspecified atom stereocenters. The van der Waals surface area contributed by atoms with E-state index in [1.54, 1.807) is 0 Å². The summed E-state index contributed by atoms with van der Waals surface area (Å²) in [7, 11) is 2.25. The Morgan fingerprint density at radius 1 is 1.20 bits per heavy atom. The summed E-state index contributed by atoms with van der Waals surface area (Å²) in [5.74, 6) is 0. The Bertz CT molecular complexity index is 366. The number of hydrogen-bond acceptors (Lipinski definition) is 3. The summed E-state index contributed by atoms with van der Waals surface area (Å²) in [6.45, 7) is 8.32. The summed E-state index contributed by atoms with van der Waals surface area (Å²) in [5, 5.41) is 3.50. The molecule has 20 heavy (non-hydrogen) atoms. The Morgan fingerprint density at radius 2 is 2.00 bits per heavy atom. The van der Waals surface area contributed by atoms with Crippen LogP contribution >= 0.6 is 0 Å². The minimum Gasteiger partial charge on any atom is -0.385 e. The third-order valence-electron chi connectivity index (χ3n) is 4.22. The summed E-state index contributed by atoms with van der Waals surface area (Å²) < 4.78 is 0. The van der Waals surface area contributed by atoms with Crippen LogP contribution in [-0.4, -0.2) is 55.6 Å². The second kappa shape index (κ2) is 8.28. The lowest BCUT2D eigenvalue weighted by atomic mass is 10.1. The zero-order valence-electron chi connectivity index (χ0n) is 13.0. The molecule has 0 radical (unpaired) electrons. The van der Waals surface area contributed by atoms with Crippen LogP contribution in [0.1, 0.15) is 26.2 Å². The zero-order chi connectivity index (χ0) is 14.2. The molecule has 3 nitrogen and oxygen atoms in total. The molecule has 0 bridgehead atoms. The highest BCUT2D eigenvalue weighted by Gasteiger charge is 2.21. The molecule has 1 atom stereocenters. The maximum absolute atomic E-state index is 3.50. The van der Waals surface area contributed by atoms with Crippen molar-refractivity contribution >= 4 is 5.69 Å². The van der Waals surface area contributed by atoms with Crippen LogP contribution in [0.25, 0.3) is 0 Å². The Kier molecular flexibility index (Phi) is 6.34. The lowest BCUT2D eigenvalue weighted by Gasteiger charge is -2.30. The maximum atomic E-state index is 3.50. The van der Waals surface area contributed by atoms with Crippen LogP contribution in [0.15, 0.2) is 30.3 Å². The molecule has 1 N–H and O–H groups in total. The molecule has 1 aromatic rings. The van der Waals surface area contributed by atoms with E-state index in [-0.39, 0.29) is 0 Å². The molecular formula is C17H29N3. The first kappa shape index (κ1) is 15.3. The molecule has 112 valence electrons. The Morgan fingerprint density at radius 3 is 2.75 bits per heavy atom. The Hall–Kier alpha value is -1.06. The number of nitrogens with one attached hydrogen (secondary N) is 1. The van der Waals surface area contributed by atoms with Gasteiger partial charge in [-0.15, -0.1) is 0 Å². The first-order chi connectivity index (χ1) is 9.79. The summed E-state index contributed by atoms with van der Waals surface area (Å²) in [4.78, 5) is 5.17. The van der Waals surface area contributed by atoms with Crippen molar-refractivity contribution < 1.29 is 0 Å². The van der Waals surface area contributed by atoms with Crippen molar-refractivity contribution in [3.05, 3.63) is 30.3 Å². The highest BCUT2D eigenvalue weighted by Crippen LogP contribution is 2.12. The van der Waals surface area contributed by atoms with E-state index in [0.717, 1.165) is 12.6 Å². The smallest absolute Gasteiger partial charge is 0.0340 e. The molecule has 0 aliphatic carbocycles. The average Bonchev–Trinajstić information content (AvgIpc) is 2.66. The lowest BCUT2D eigenvalue weighted by Crippen LogP contribution is -2.40. The second-order valence-corrected chi connectivity index (χ2v) is 5.86. The minimum absolute atomic E-state index is 0.735. The SMILES string of the molecule is CCC1CN(C)CCCN1CCCNc1ccccc1. The first-order valence-corrected chi connectivity index (χ1v) is 8.01. The molecule has 1 heterocycles. The van der Waals surface area contributed by atoms with Crippen molar-refractivity contribution in [1.82, 2.24) is 9.80 Å². The summed E-state index contributed by atoms with van der Waals surface area (Å²) in [6.07, 6.45) is 3.78. The molecule has 0 amide bonds. The van der Waals surface area contributed by atoms with E-state index in [2.05, 4.69) is 59.4 Å². The van der Waals surface area contributed by atoms with E-state index in [4.69, 9.17) is 0 Å². The van der Waals surface area contributed by atoms with Gasteiger partial charge in [0.1, 0.15) is 0 Å². The largest absolute Gasteiger partial charge is 0.385 e. The number of anilines is 1. The van der Waals surface area contributed by atoms with Crippen LogP contribution in [0.5, 0.6) is 0 Å². The fraction of sp³-hybridized carbons (Fsp3) is 0.647. The number of benzene rings is 1. The van der Waals surface area contributed by atoms with E-state index in [1.165, 1.54) is 51.1 Å². The fourth-order valence-corrected chi connectivity index (χ4v) is 3.05.